The van der Waals surface area contributed by atoms with E-state index >= 15 is 0 Å². The molecule has 0 aliphatic carbocycles. The van der Waals surface area contributed by atoms with Crippen LogP contribution in [0.3, 0.4) is 0 Å². The van der Waals surface area contributed by atoms with Crippen LogP contribution in [0.5, 0.6) is 0 Å². The number of para-hydroxylation sites is 1. The minimum Gasteiger partial charge on any atom is -0.452 e. The molecule has 0 N–H and O–H groups in total. The average molecular weight is 719 g/mol. The van der Waals surface area contributed by atoms with E-state index in [1.165, 1.54) is 0 Å². The molecule has 3 heterocycles. The Morgan fingerprint density at radius 2 is 0.768 bits per heavy atom. The molecule has 6 nitrogen and oxygen atoms in total. The Morgan fingerprint density at radius 3 is 1.39 bits per heavy atom. The second-order valence-corrected chi connectivity index (χ2v) is 13.8. The zero-order valence-electron chi connectivity index (χ0n) is 29.9. The fourth-order valence-electron chi connectivity index (χ4n) is 7.61. The van der Waals surface area contributed by atoms with Gasteiger partial charge in [-0.25, -0.2) is 19.9 Å². The van der Waals surface area contributed by atoms with Gasteiger partial charge in [-0.3, -0.25) is 0 Å². The van der Waals surface area contributed by atoms with Crippen molar-refractivity contribution < 1.29 is 8.83 Å². The molecule has 0 aliphatic rings. The SMILES string of the molecule is c1ccc(-c2nc(-c3ccccc3)nc(-c3ccc(-c4ccc(-c5ccc(-c6nc7ccc8c9ccccc9oc8c7o6)c6ccccc56)cc4)cc3)n2)cc1. The Balaban J connectivity index is 0.911. The van der Waals surface area contributed by atoms with Crippen LogP contribution >= 0.6 is 0 Å². The smallest absolute Gasteiger partial charge is 0.228 e. The molecule has 11 aromatic rings. The topological polar surface area (TPSA) is 77.8 Å². The quantitative estimate of drug-likeness (QED) is 0.170. The van der Waals surface area contributed by atoms with Gasteiger partial charge >= 0.3 is 0 Å². The Bertz CT molecular complexity index is 3170. The van der Waals surface area contributed by atoms with Crippen LogP contribution in [0.4, 0.5) is 0 Å². The van der Waals surface area contributed by atoms with Crippen LogP contribution in [-0.2, 0) is 0 Å². The summed E-state index contributed by atoms with van der Waals surface area (Å²) in [4.78, 5) is 19.5. The van der Waals surface area contributed by atoms with Crippen molar-refractivity contribution in [3.8, 4) is 67.9 Å². The molecule has 0 unspecified atom stereocenters. The monoisotopic (exact) mass is 718 g/mol. The van der Waals surface area contributed by atoms with Gasteiger partial charge in [0.2, 0.25) is 5.89 Å². The normalized spacial score (nSPS) is 11.6. The summed E-state index contributed by atoms with van der Waals surface area (Å²) in [6.45, 7) is 0. The lowest BCUT2D eigenvalue weighted by molar-refractivity contribution is 0.604. The molecule has 0 atom stereocenters. The highest BCUT2D eigenvalue weighted by Gasteiger charge is 2.19. The molecule has 0 aliphatic heterocycles. The average Bonchev–Trinajstić information content (AvgIpc) is 3.89. The van der Waals surface area contributed by atoms with Gasteiger partial charge in [-0.1, -0.05) is 158 Å². The largest absolute Gasteiger partial charge is 0.452 e. The Labute approximate surface area is 321 Å². The summed E-state index contributed by atoms with van der Waals surface area (Å²) in [5.41, 5.74) is 11.2. The predicted octanol–water partition coefficient (Wildman–Crippen LogP) is 13.1. The molecule has 6 heteroatoms. The van der Waals surface area contributed by atoms with Gasteiger partial charge < -0.3 is 8.83 Å². The third-order valence-electron chi connectivity index (χ3n) is 10.4. The number of hydrogen-bond acceptors (Lipinski definition) is 6. The molecule has 3 aromatic heterocycles. The van der Waals surface area contributed by atoms with E-state index in [-0.39, 0.29) is 0 Å². The summed E-state index contributed by atoms with van der Waals surface area (Å²) in [5, 5.41) is 4.28. The van der Waals surface area contributed by atoms with Crippen molar-refractivity contribution in [1.29, 1.82) is 0 Å². The highest BCUT2D eigenvalue weighted by Crippen LogP contribution is 2.40. The van der Waals surface area contributed by atoms with Gasteiger partial charge in [-0.15, -0.1) is 0 Å². The Morgan fingerprint density at radius 1 is 0.286 bits per heavy atom. The van der Waals surface area contributed by atoms with E-state index in [2.05, 4.69) is 97.1 Å². The number of oxazole rings is 1. The number of fused-ring (bicyclic) bond motifs is 6. The summed E-state index contributed by atoms with van der Waals surface area (Å²) < 4.78 is 12.7. The first kappa shape index (κ1) is 31.8. The molecule has 0 fully saturated rings. The number of nitrogens with zero attached hydrogens (tertiary/aromatic N) is 4. The number of hydrogen-bond donors (Lipinski definition) is 0. The van der Waals surface area contributed by atoms with Gasteiger partial charge in [0.25, 0.3) is 0 Å². The number of furan rings is 1. The van der Waals surface area contributed by atoms with E-state index in [1.807, 2.05) is 84.9 Å². The maximum Gasteiger partial charge on any atom is 0.228 e. The van der Waals surface area contributed by atoms with Crippen molar-refractivity contribution in [3.63, 3.8) is 0 Å². The minimum absolute atomic E-state index is 0.569. The lowest BCUT2D eigenvalue weighted by atomic mass is 9.93. The van der Waals surface area contributed by atoms with Gasteiger partial charge in [0, 0.05) is 33.0 Å². The first-order valence-corrected chi connectivity index (χ1v) is 18.5. The molecule has 8 aromatic carbocycles. The van der Waals surface area contributed by atoms with Crippen LogP contribution in [0.2, 0.25) is 0 Å². The number of aromatic nitrogens is 4. The Hall–Kier alpha value is -7.70. The van der Waals surface area contributed by atoms with Gasteiger partial charge in [0.05, 0.1) is 0 Å². The lowest BCUT2D eigenvalue weighted by Gasteiger charge is -2.11. The molecule has 0 saturated carbocycles. The molecule has 0 spiro atoms. The van der Waals surface area contributed by atoms with Crippen LogP contribution in [-0.4, -0.2) is 19.9 Å². The van der Waals surface area contributed by atoms with Crippen molar-refractivity contribution >= 4 is 43.8 Å². The second kappa shape index (κ2) is 13.0. The minimum atomic E-state index is 0.569. The molecule has 11 rings (SSSR count). The summed E-state index contributed by atoms with van der Waals surface area (Å²) in [5.74, 6) is 2.50. The number of benzene rings is 8. The van der Waals surface area contributed by atoms with Gasteiger partial charge in [0.1, 0.15) is 11.1 Å². The van der Waals surface area contributed by atoms with Crippen molar-refractivity contribution in [3.05, 3.63) is 182 Å². The molecule has 56 heavy (non-hydrogen) atoms. The highest BCUT2D eigenvalue weighted by molar-refractivity contribution is 6.13. The van der Waals surface area contributed by atoms with E-state index < -0.39 is 0 Å². The first-order valence-electron chi connectivity index (χ1n) is 18.5. The molecule has 0 amide bonds. The molecular weight excluding hydrogens is 689 g/mol. The summed E-state index contributed by atoms with van der Waals surface area (Å²) in [6, 6.07) is 62.1. The molecular formula is C50H30N4O2. The fraction of sp³-hybridized carbons (Fsp3) is 0. The maximum atomic E-state index is 6.49. The van der Waals surface area contributed by atoms with Gasteiger partial charge in [-0.2, -0.15) is 0 Å². The fourth-order valence-corrected chi connectivity index (χ4v) is 7.61. The van der Waals surface area contributed by atoms with Crippen LogP contribution < -0.4 is 0 Å². The molecule has 0 bridgehead atoms. The second-order valence-electron chi connectivity index (χ2n) is 13.8. The Kier molecular flexibility index (Phi) is 7.38. The van der Waals surface area contributed by atoms with E-state index in [1.54, 1.807) is 0 Å². The van der Waals surface area contributed by atoms with E-state index in [0.29, 0.717) is 28.9 Å². The lowest BCUT2D eigenvalue weighted by Crippen LogP contribution is -2.00. The summed E-state index contributed by atoms with van der Waals surface area (Å²) >= 11 is 0. The van der Waals surface area contributed by atoms with Crippen LogP contribution in [0, 0.1) is 0 Å². The van der Waals surface area contributed by atoms with E-state index in [9.17, 15) is 0 Å². The number of rotatable bonds is 6. The standard InChI is InChI=1S/C50H30N4O2/c1-3-11-34(12-4-1)47-52-48(35-13-5-2-6-14-35)54-49(53-47)36-25-21-32(22-26-36)31-19-23-33(24-20-31)37-27-28-42(39-16-8-7-15-38(37)39)50-51-43-30-29-41-40-17-9-10-18-44(40)55-45(41)46(43)56-50/h1-30H. The third-order valence-corrected chi connectivity index (χ3v) is 10.4. The van der Waals surface area contributed by atoms with E-state index in [0.717, 1.165) is 82.7 Å². The van der Waals surface area contributed by atoms with Crippen molar-refractivity contribution in [2.45, 2.75) is 0 Å². The third kappa shape index (κ3) is 5.43. The molecule has 0 radical (unpaired) electrons. The maximum absolute atomic E-state index is 6.49. The zero-order valence-corrected chi connectivity index (χ0v) is 29.9. The zero-order chi connectivity index (χ0) is 37.0. The summed E-state index contributed by atoms with van der Waals surface area (Å²) in [6.07, 6.45) is 0. The first-order chi connectivity index (χ1) is 27.7. The van der Waals surface area contributed by atoms with Crippen molar-refractivity contribution in [1.82, 2.24) is 19.9 Å². The van der Waals surface area contributed by atoms with Gasteiger partial charge in [-0.05, 0) is 57.3 Å². The predicted molar refractivity (Wildman–Crippen MR) is 225 cm³/mol. The van der Waals surface area contributed by atoms with Crippen LogP contribution in [0.15, 0.2) is 191 Å². The molecule has 0 saturated heterocycles. The molecule has 262 valence electrons. The van der Waals surface area contributed by atoms with E-state index in [4.69, 9.17) is 28.8 Å². The van der Waals surface area contributed by atoms with Crippen molar-refractivity contribution in [2.75, 3.05) is 0 Å². The highest BCUT2D eigenvalue weighted by atomic mass is 16.4. The summed E-state index contributed by atoms with van der Waals surface area (Å²) in [7, 11) is 0. The van der Waals surface area contributed by atoms with Gasteiger partial charge in [0.15, 0.2) is 28.6 Å². The van der Waals surface area contributed by atoms with Crippen molar-refractivity contribution in [2.24, 2.45) is 0 Å². The van der Waals surface area contributed by atoms with Crippen LogP contribution in [0.25, 0.3) is 112 Å². The van der Waals surface area contributed by atoms with Crippen LogP contribution in [0.1, 0.15) is 0 Å².